The Hall–Kier alpha value is -0.0800. The van der Waals surface area contributed by atoms with Gasteiger partial charge >= 0.3 is 0 Å². The minimum atomic E-state index is 0.819. The van der Waals surface area contributed by atoms with E-state index in [1.165, 1.54) is 30.7 Å². The summed E-state index contributed by atoms with van der Waals surface area (Å²) in [5.74, 6) is 0. The summed E-state index contributed by atoms with van der Waals surface area (Å²) in [6, 6.07) is 0.819. The van der Waals surface area contributed by atoms with Crippen molar-refractivity contribution < 1.29 is 4.48 Å². The van der Waals surface area contributed by atoms with E-state index in [9.17, 15) is 0 Å². The Morgan fingerprint density at radius 1 is 1.45 bits per heavy atom. The molecule has 1 heterocycles. The van der Waals surface area contributed by atoms with Gasteiger partial charge in [0, 0.05) is 0 Å². The minimum absolute atomic E-state index is 0.819. The second kappa shape index (κ2) is 3.11. The normalized spacial score (nSPS) is 39.8. The first-order valence-corrected chi connectivity index (χ1v) is 4.65. The van der Waals surface area contributed by atoms with Crippen molar-refractivity contribution in [2.45, 2.75) is 26.3 Å². The van der Waals surface area contributed by atoms with Crippen LogP contribution in [0, 0.1) is 0 Å². The molecule has 1 fully saturated rings. The molecule has 0 aliphatic carbocycles. The van der Waals surface area contributed by atoms with E-state index in [1.807, 2.05) is 0 Å². The van der Waals surface area contributed by atoms with Crippen LogP contribution >= 0.6 is 0 Å². The van der Waals surface area contributed by atoms with E-state index in [-0.39, 0.29) is 0 Å². The molecule has 2 nitrogen and oxygen atoms in total. The van der Waals surface area contributed by atoms with Crippen molar-refractivity contribution in [1.29, 1.82) is 0 Å². The summed E-state index contributed by atoms with van der Waals surface area (Å²) < 4.78 is 1.23. The number of likely N-dealkylation sites (N-methyl/N-ethyl adjacent to an activating group) is 2. The van der Waals surface area contributed by atoms with Gasteiger partial charge in [0.15, 0.2) is 0 Å². The Morgan fingerprint density at radius 2 is 2.09 bits per heavy atom. The predicted octanol–water partition coefficient (Wildman–Crippen LogP) is 1.13. The Balaban J connectivity index is 2.55. The molecule has 0 aromatic rings. The molecule has 0 radical (unpaired) electrons. The fourth-order valence-corrected chi connectivity index (χ4v) is 2.03. The molecular weight excluding hydrogens is 136 g/mol. The molecule has 2 heteroatoms. The smallest absolute Gasteiger partial charge is 0.135 e. The van der Waals surface area contributed by atoms with Crippen LogP contribution in [0.2, 0.25) is 0 Å². The quantitative estimate of drug-likeness (QED) is 0.543. The van der Waals surface area contributed by atoms with Crippen molar-refractivity contribution in [3.63, 3.8) is 0 Å². The molecular formula is C9H21N2+. The minimum Gasteiger partial charge on any atom is -0.312 e. The molecule has 0 N–H and O–H groups in total. The Kier molecular flexibility index (Phi) is 2.55. The molecule has 1 aliphatic rings. The fraction of sp³-hybridized carbons (Fsp3) is 1.00. The van der Waals surface area contributed by atoms with Crippen LogP contribution in [0.3, 0.4) is 0 Å². The van der Waals surface area contributed by atoms with Gasteiger partial charge in [-0.25, -0.2) is 0 Å². The van der Waals surface area contributed by atoms with Crippen LogP contribution in [0.1, 0.15) is 20.3 Å². The summed E-state index contributed by atoms with van der Waals surface area (Å²) in [6.07, 6.45) is 1.30. The highest BCUT2D eigenvalue weighted by molar-refractivity contribution is 4.69. The van der Waals surface area contributed by atoms with Gasteiger partial charge in [-0.2, -0.15) is 0 Å². The lowest BCUT2D eigenvalue weighted by Crippen LogP contribution is -2.42. The molecule has 1 saturated heterocycles. The number of hydrogen-bond donors (Lipinski definition) is 0. The standard InChI is InChI=1S/C9H21N2/c1-5-9-7-11(4,6-2)8-10(9)3/h9H,5-8H2,1-4H3/q+1/t9?,11-/m1/s1. The van der Waals surface area contributed by atoms with Crippen molar-refractivity contribution in [3.05, 3.63) is 0 Å². The molecule has 66 valence electrons. The lowest BCUT2D eigenvalue weighted by molar-refractivity contribution is -0.900. The van der Waals surface area contributed by atoms with Gasteiger partial charge in [0.1, 0.15) is 6.67 Å². The molecule has 0 saturated carbocycles. The summed E-state index contributed by atoms with van der Waals surface area (Å²) in [5.41, 5.74) is 0. The van der Waals surface area contributed by atoms with Crippen molar-refractivity contribution in [2.75, 3.05) is 33.9 Å². The van der Waals surface area contributed by atoms with Crippen LogP contribution in [0.25, 0.3) is 0 Å². The first-order chi connectivity index (χ1) is 5.11. The fourth-order valence-electron chi connectivity index (χ4n) is 2.03. The van der Waals surface area contributed by atoms with Gasteiger partial charge in [-0.3, -0.25) is 4.90 Å². The molecule has 1 unspecified atom stereocenters. The highest BCUT2D eigenvalue weighted by atomic mass is 15.5. The second-order valence-corrected chi connectivity index (χ2v) is 4.08. The van der Waals surface area contributed by atoms with Gasteiger partial charge in [0.2, 0.25) is 0 Å². The molecule has 0 spiro atoms. The van der Waals surface area contributed by atoms with Crippen molar-refractivity contribution in [1.82, 2.24) is 4.90 Å². The molecule has 0 bridgehead atoms. The summed E-state index contributed by atoms with van der Waals surface area (Å²) in [6.45, 7) is 8.40. The third-order valence-corrected chi connectivity index (χ3v) is 3.07. The van der Waals surface area contributed by atoms with E-state index in [0.29, 0.717) is 0 Å². The van der Waals surface area contributed by atoms with Crippen molar-refractivity contribution in [2.24, 2.45) is 0 Å². The molecule has 1 aliphatic heterocycles. The monoisotopic (exact) mass is 157 g/mol. The van der Waals surface area contributed by atoms with Gasteiger partial charge in [-0.15, -0.1) is 0 Å². The lowest BCUT2D eigenvalue weighted by atomic mass is 10.2. The maximum Gasteiger partial charge on any atom is 0.135 e. The van der Waals surface area contributed by atoms with E-state index in [2.05, 4.69) is 32.8 Å². The van der Waals surface area contributed by atoms with Crippen LogP contribution in [-0.4, -0.2) is 49.3 Å². The van der Waals surface area contributed by atoms with E-state index in [1.54, 1.807) is 0 Å². The van der Waals surface area contributed by atoms with E-state index in [4.69, 9.17) is 0 Å². The third-order valence-electron chi connectivity index (χ3n) is 3.07. The second-order valence-electron chi connectivity index (χ2n) is 4.08. The van der Waals surface area contributed by atoms with Crippen LogP contribution in [0.5, 0.6) is 0 Å². The van der Waals surface area contributed by atoms with Crippen LogP contribution in [0.4, 0.5) is 0 Å². The predicted molar refractivity (Wildman–Crippen MR) is 48.3 cm³/mol. The number of quaternary nitrogens is 1. The van der Waals surface area contributed by atoms with E-state index >= 15 is 0 Å². The van der Waals surface area contributed by atoms with Gasteiger partial charge in [0.05, 0.1) is 26.2 Å². The number of rotatable bonds is 2. The summed E-state index contributed by atoms with van der Waals surface area (Å²) in [4.78, 5) is 2.49. The van der Waals surface area contributed by atoms with E-state index in [0.717, 1.165) is 6.04 Å². The molecule has 2 atom stereocenters. The van der Waals surface area contributed by atoms with Crippen LogP contribution in [-0.2, 0) is 0 Å². The zero-order valence-electron chi connectivity index (χ0n) is 8.30. The summed E-state index contributed by atoms with van der Waals surface area (Å²) in [5, 5.41) is 0. The first kappa shape index (κ1) is 9.01. The summed E-state index contributed by atoms with van der Waals surface area (Å²) >= 11 is 0. The average molecular weight is 157 g/mol. The van der Waals surface area contributed by atoms with Gasteiger partial charge in [-0.05, 0) is 20.4 Å². The topological polar surface area (TPSA) is 3.24 Å². The molecule has 0 aromatic carbocycles. The SMILES string of the molecule is CCC1C[N@@+](C)(CC)CN1C. The maximum atomic E-state index is 2.49. The highest BCUT2D eigenvalue weighted by Gasteiger charge is 2.35. The van der Waals surface area contributed by atoms with Crippen molar-refractivity contribution in [3.8, 4) is 0 Å². The highest BCUT2D eigenvalue weighted by Crippen LogP contribution is 2.19. The zero-order valence-corrected chi connectivity index (χ0v) is 8.30. The van der Waals surface area contributed by atoms with Gasteiger partial charge < -0.3 is 4.48 Å². The Bertz CT molecular complexity index is 136. The molecule has 1 rings (SSSR count). The van der Waals surface area contributed by atoms with Crippen LogP contribution < -0.4 is 0 Å². The molecule has 11 heavy (non-hydrogen) atoms. The third kappa shape index (κ3) is 1.74. The molecule has 0 aromatic heterocycles. The van der Waals surface area contributed by atoms with Crippen molar-refractivity contribution >= 4 is 0 Å². The Labute approximate surface area is 70.4 Å². The van der Waals surface area contributed by atoms with Crippen LogP contribution in [0.15, 0.2) is 0 Å². The summed E-state index contributed by atoms with van der Waals surface area (Å²) in [7, 11) is 4.60. The first-order valence-electron chi connectivity index (χ1n) is 4.65. The number of nitrogens with zero attached hydrogens (tertiary/aromatic N) is 2. The van der Waals surface area contributed by atoms with Gasteiger partial charge in [-0.1, -0.05) is 6.92 Å². The maximum absolute atomic E-state index is 2.49. The zero-order chi connectivity index (χ0) is 8.48. The Morgan fingerprint density at radius 3 is 2.36 bits per heavy atom. The van der Waals surface area contributed by atoms with Gasteiger partial charge in [0.25, 0.3) is 0 Å². The molecule has 0 amide bonds. The average Bonchev–Trinajstić information content (AvgIpc) is 2.27. The number of hydrogen-bond acceptors (Lipinski definition) is 1. The van der Waals surface area contributed by atoms with E-state index < -0.39 is 0 Å². The largest absolute Gasteiger partial charge is 0.312 e. The lowest BCUT2D eigenvalue weighted by Gasteiger charge is -2.26.